The fourth-order valence-corrected chi connectivity index (χ4v) is 0.719. The van der Waals surface area contributed by atoms with E-state index < -0.39 is 6.09 Å². The standard InChI is InChI=1S/C7H15NO2S/c1-5(2)6(11)3-4-10-7(8)9/h5-6,11H,3-4H2,1-2H3,(H2,8,9). The van der Waals surface area contributed by atoms with E-state index in [9.17, 15) is 4.79 Å². The third-order valence-electron chi connectivity index (χ3n) is 1.43. The van der Waals surface area contributed by atoms with Crippen molar-refractivity contribution < 1.29 is 9.53 Å². The van der Waals surface area contributed by atoms with Gasteiger partial charge in [0.05, 0.1) is 6.61 Å². The predicted molar refractivity (Wildman–Crippen MR) is 47.8 cm³/mol. The third kappa shape index (κ3) is 6.04. The summed E-state index contributed by atoms with van der Waals surface area (Å²) in [5.41, 5.74) is 4.77. The number of rotatable bonds is 4. The molecule has 11 heavy (non-hydrogen) atoms. The molecular weight excluding hydrogens is 162 g/mol. The molecule has 0 radical (unpaired) electrons. The van der Waals surface area contributed by atoms with E-state index in [1.54, 1.807) is 0 Å². The van der Waals surface area contributed by atoms with Crippen LogP contribution in [0.2, 0.25) is 0 Å². The summed E-state index contributed by atoms with van der Waals surface area (Å²) in [5, 5.41) is 0.273. The Morgan fingerprint density at radius 2 is 2.18 bits per heavy atom. The highest BCUT2D eigenvalue weighted by atomic mass is 32.1. The van der Waals surface area contributed by atoms with E-state index >= 15 is 0 Å². The second-order valence-electron chi connectivity index (χ2n) is 2.77. The van der Waals surface area contributed by atoms with Crippen molar-refractivity contribution in [2.24, 2.45) is 11.7 Å². The van der Waals surface area contributed by atoms with Gasteiger partial charge in [0, 0.05) is 5.25 Å². The van der Waals surface area contributed by atoms with Crippen LogP contribution in [0.3, 0.4) is 0 Å². The van der Waals surface area contributed by atoms with Gasteiger partial charge >= 0.3 is 6.09 Å². The molecule has 1 unspecified atom stereocenters. The molecule has 0 aromatic heterocycles. The Bertz CT molecular complexity index is 128. The number of carbonyl (C=O) groups is 1. The number of amides is 1. The van der Waals surface area contributed by atoms with Crippen molar-refractivity contribution in [3.8, 4) is 0 Å². The van der Waals surface area contributed by atoms with Crippen LogP contribution in [0.1, 0.15) is 20.3 Å². The monoisotopic (exact) mass is 177 g/mol. The largest absolute Gasteiger partial charge is 0.450 e. The van der Waals surface area contributed by atoms with Crippen molar-refractivity contribution >= 4 is 18.7 Å². The highest BCUT2D eigenvalue weighted by molar-refractivity contribution is 7.81. The van der Waals surface area contributed by atoms with Gasteiger partial charge in [-0.25, -0.2) is 4.79 Å². The van der Waals surface area contributed by atoms with E-state index in [4.69, 9.17) is 5.73 Å². The molecule has 0 aliphatic carbocycles. The number of carbonyl (C=O) groups excluding carboxylic acids is 1. The maximum Gasteiger partial charge on any atom is 0.404 e. The molecule has 0 aromatic rings. The highest BCUT2D eigenvalue weighted by Crippen LogP contribution is 2.12. The Morgan fingerprint density at radius 1 is 1.64 bits per heavy atom. The van der Waals surface area contributed by atoms with Crippen molar-refractivity contribution in [3.63, 3.8) is 0 Å². The van der Waals surface area contributed by atoms with Crippen molar-refractivity contribution in [1.29, 1.82) is 0 Å². The van der Waals surface area contributed by atoms with Gasteiger partial charge in [0.15, 0.2) is 0 Å². The van der Waals surface area contributed by atoms with Gasteiger partial charge in [-0.3, -0.25) is 0 Å². The molecule has 1 atom stereocenters. The molecule has 0 aromatic carbocycles. The van der Waals surface area contributed by atoms with Crippen LogP contribution in [0.5, 0.6) is 0 Å². The van der Waals surface area contributed by atoms with Crippen LogP contribution in [0.15, 0.2) is 0 Å². The van der Waals surface area contributed by atoms with Gasteiger partial charge in [-0.05, 0) is 12.3 Å². The summed E-state index contributed by atoms with van der Waals surface area (Å²) in [5.74, 6) is 0.495. The molecule has 4 heteroatoms. The molecule has 0 bridgehead atoms. The first kappa shape index (κ1) is 10.6. The van der Waals surface area contributed by atoms with Gasteiger partial charge in [-0.2, -0.15) is 12.6 Å². The highest BCUT2D eigenvalue weighted by Gasteiger charge is 2.07. The van der Waals surface area contributed by atoms with E-state index in [1.165, 1.54) is 0 Å². The number of thiol groups is 1. The second-order valence-corrected chi connectivity index (χ2v) is 3.43. The summed E-state index contributed by atoms with van der Waals surface area (Å²) >= 11 is 4.30. The second kappa shape index (κ2) is 5.29. The summed E-state index contributed by atoms with van der Waals surface area (Å²) in [6.07, 6.45) is 0.0401. The fraction of sp³-hybridized carbons (Fsp3) is 0.857. The van der Waals surface area contributed by atoms with Gasteiger partial charge in [-0.1, -0.05) is 13.8 Å². The number of hydrogen-bond acceptors (Lipinski definition) is 3. The maximum absolute atomic E-state index is 10.1. The first-order chi connectivity index (χ1) is 5.04. The Morgan fingerprint density at radius 3 is 2.55 bits per heavy atom. The Hall–Kier alpha value is -0.380. The van der Waals surface area contributed by atoms with Crippen LogP contribution in [0.25, 0.3) is 0 Å². The van der Waals surface area contributed by atoms with Crippen LogP contribution in [0, 0.1) is 5.92 Å². The molecule has 66 valence electrons. The zero-order valence-corrected chi connectivity index (χ0v) is 7.80. The quantitative estimate of drug-likeness (QED) is 0.638. The summed E-state index contributed by atoms with van der Waals surface area (Å²) in [6.45, 7) is 4.51. The smallest absolute Gasteiger partial charge is 0.404 e. The lowest BCUT2D eigenvalue weighted by Gasteiger charge is -2.13. The number of hydrogen-bond donors (Lipinski definition) is 2. The maximum atomic E-state index is 10.1. The molecule has 0 aliphatic rings. The molecule has 1 amide bonds. The van der Waals surface area contributed by atoms with Gasteiger partial charge < -0.3 is 10.5 Å². The van der Waals surface area contributed by atoms with E-state index in [0.717, 1.165) is 6.42 Å². The molecule has 0 saturated heterocycles. The summed E-state index contributed by atoms with van der Waals surface area (Å²) in [6, 6.07) is 0. The normalized spacial score (nSPS) is 13.1. The van der Waals surface area contributed by atoms with Gasteiger partial charge in [0.2, 0.25) is 0 Å². The fourth-order valence-electron chi connectivity index (χ4n) is 0.614. The van der Waals surface area contributed by atoms with Crippen molar-refractivity contribution in [3.05, 3.63) is 0 Å². The molecule has 0 rings (SSSR count). The number of ether oxygens (including phenoxy) is 1. The number of primary amides is 1. The average molecular weight is 177 g/mol. The summed E-state index contributed by atoms with van der Waals surface area (Å²) < 4.78 is 4.55. The van der Waals surface area contributed by atoms with Crippen LogP contribution in [-0.2, 0) is 4.74 Å². The molecule has 0 heterocycles. The minimum Gasteiger partial charge on any atom is -0.450 e. The van der Waals surface area contributed by atoms with E-state index in [-0.39, 0.29) is 5.25 Å². The van der Waals surface area contributed by atoms with Crippen molar-refractivity contribution in [1.82, 2.24) is 0 Å². The van der Waals surface area contributed by atoms with Gasteiger partial charge in [0.1, 0.15) is 0 Å². The molecule has 0 aliphatic heterocycles. The Labute approximate surface area is 72.7 Å². The van der Waals surface area contributed by atoms with E-state index in [0.29, 0.717) is 12.5 Å². The molecule has 0 fully saturated rings. The molecule has 2 N–H and O–H groups in total. The number of nitrogens with two attached hydrogens (primary N) is 1. The zero-order valence-electron chi connectivity index (χ0n) is 6.91. The molecular formula is C7H15NO2S. The summed E-state index contributed by atoms with van der Waals surface area (Å²) in [4.78, 5) is 10.1. The molecule has 0 saturated carbocycles. The third-order valence-corrected chi connectivity index (χ3v) is 2.28. The first-order valence-corrected chi connectivity index (χ1v) is 4.16. The van der Waals surface area contributed by atoms with Crippen LogP contribution >= 0.6 is 12.6 Å². The Balaban J connectivity index is 3.31. The van der Waals surface area contributed by atoms with E-state index in [1.807, 2.05) is 0 Å². The first-order valence-electron chi connectivity index (χ1n) is 3.64. The van der Waals surface area contributed by atoms with E-state index in [2.05, 4.69) is 31.2 Å². The Kier molecular flexibility index (Phi) is 5.11. The average Bonchev–Trinajstić information content (AvgIpc) is 1.86. The van der Waals surface area contributed by atoms with Crippen molar-refractivity contribution in [2.45, 2.75) is 25.5 Å². The lowest BCUT2D eigenvalue weighted by molar-refractivity contribution is 0.154. The van der Waals surface area contributed by atoms with Crippen molar-refractivity contribution in [2.75, 3.05) is 6.61 Å². The molecule has 3 nitrogen and oxygen atoms in total. The molecule has 0 spiro atoms. The minimum absolute atomic E-state index is 0.273. The van der Waals surface area contributed by atoms with Crippen LogP contribution in [0.4, 0.5) is 4.79 Å². The zero-order chi connectivity index (χ0) is 8.85. The SMILES string of the molecule is CC(C)C(S)CCOC(N)=O. The minimum atomic E-state index is -0.714. The predicted octanol–water partition coefficient (Wildman–Crippen LogP) is 1.43. The topological polar surface area (TPSA) is 52.3 Å². The summed E-state index contributed by atoms with van der Waals surface area (Å²) in [7, 11) is 0. The van der Waals surface area contributed by atoms with Crippen LogP contribution in [-0.4, -0.2) is 18.0 Å². The van der Waals surface area contributed by atoms with Crippen LogP contribution < -0.4 is 5.73 Å². The lowest BCUT2D eigenvalue weighted by Crippen LogP contribution is -2.17. The van der Waals surface area contributed by atoms with Gasteiger partial charge in [-0.15, -0.1) is 0 Å². The van der Waals surface area contributed by atoms with Gasteiger partial charge in [0.25, 0.3) is 0 Å². The lowest BCUT2D eigenvalue weighted by atomic mass is 10.1.